The minimum absolute atomic E-state index is 0.297. The number of nitrogens with zero attached hydrogens (tertiary/aromatic N) is 3. The number of benzene rings is 2. The molecule has 0 N–H and O–H groups in total. The van der Waals surface area contributed by atoms with Gasteiger partial charge in [-0.15, -0.1) is 10.2 Å². The largest absolute Gasteiger partial charge is 0.497 e. The first-order chi connectivity index (χ1) is 12.1. The lowest BCUT2D eigenvalue weighted by molar-refractivity contribution is 0.292. The van der Waals surface area contributed by atoms with E-state index in [9.17, 15) is 0 Å². The van der Waals surface area contributed by atoms with E-state index in [2.05, 4.69) is 10.2 Å². The Kier molecular flexibility index (Phi) is 5.50. The molecule has 0 saturated carbocycles. The van der Waals surface area contributed by atoms with Gasteiger partial charge in [0.2, 0.25) is 0 Å². The number of aryl methyl sites for hydroxylation is 1. The van der Waals surface area contributed by atoms with Gasteiger partial charge in [-0.05, 0) is 55.1 Å². The molecule has 0 unspecified atom stereocenters. The van der Waals surface area contributed by atoms with E-state index >= 15 is 0 Å². The number of halogens is 1. The summed E-state index contributed by atoms with van der Waals surface area (Å²) in [4.78, 5) is 0. The summed E-state index contributed by atoms with van der Waals surface area (Å²) in [6.07, 6.45) is 1.96. The molecule has 0 bridgehead atoms. The molecular formula is C18H18ClN3O2S. The summed E-state index contributed by atoms with van der Waals surface area (Å²) in [7, 11) is 1.63. The average molecular weight is 376 g/mol. The van der Waals surface area contributed by atoms with E-state index in [0.29, 0.717) is 17.5 Å². The van der Waals surface area contributed by atoms with Crippen LogP contribution >= 0.6 is 23.4 Å². The molecule has 0 spiro atoms. The molecule has 1 aromatic heterocycles. The highest BCUT2D eigenvalue weighted by Crippen LogP contribution is 2.25. The molecule has 0 atom stereocenters. The predicted molar refractivity (Wildman–Crippen MR) is 100 cm³/mol. The van der Waals surface area contributed by atoms with Gasteiger partial charge >= 0.3 is 0 Å². The Labute approximate surface area is 155 Å². The second kappa shape index (κ2) is 7.80. The maximum absolute atomic E-state index is 6.28. The lowest BCUT2D eigenvalue weighted by atomic mass is 10.2. The number of aromatic nitrogens is 3. The molecule has 5 nitrogen and oxygen atoms in total. The Hall–Kier alpha value is -2.18. The van der Waals surface area contributed by atoms with Gasteiger partial charge in [0.15, 0.2) is 11.0 Å². The van der Waals surface area contributed by atoms with Crippen molar-refractivity contribution >= 4 is 23.4 Å². The fraction of sp³-hybridized carbons (Fsp3) is 0.222. The van der Waals surface area contributed by atoms with Gasteiger partial charge in [-0.1, -0.05) is 29.4 Å². The first-order valence-corrected chi connectivity index (χ1v) is 9.24. The van der Waals surface area contributed by atoms with Crippen LogP contribution in [0.3, 0.4) is 0 Å². The molecule has 25 heavy (non-hydrogen) atoms. The van der Waals surface area contributed by atoms with Crippen molar-refractivity contribution in [3.05, 3.63) is 58.9 Å². The van der Waals surface area contributed by atoms with Gasteiger partial charge in [-0.3, -0.25) is 4.57 Å². The first-order valence-electron chi connectivity index (χ1n) is 7.64. The topological polar surface area (TPSA) is 49.2 Å². The number of hydrogen-bond donors (Lipinski definition) is 0. The van der Waals surface area contributed by atoms with E-state index in [-0.39, 0.29) is 0 Å². The van der Waals surface area contributed by atoms with Crippen molar-refractivity contribution < 1.29 is 9.47 Å². The molecule has 130 valence electrons. The molecular weight excluding hydrogens is 358 g/mol. The highest BCUT2D eigenvalue weighted by Gasteiger charge is 2.14. The van der Waals surface area contributed by atoms with E-state index in [1.807, 2.05) is 60.2 Å². The van der Waals surface area contributed by atoms with Crippen molar-refractivity contribution in [3.8, 4) is 17.2 Å². The van der Waals surface area contributed by atoms with Crippen molar-refractivity contribution in [1.29, 1.82) is 0 Å². The highest BCUT2D eigenvalue weighted by atomic mass is 35.5. The van der Waals surface area contributed by atoms with Crippen LogP contribution in [0.25, 0.3) is 5.69 Å². The third-order valence-corrected chi connectivity index (χ3v) is 4.76. The summed E-state index contributed by atoms with van der Waals surface area (Å²) in [6.45, 7) is 2.27. The standard InChI is InChI=1S/C18H18ClN3O2S/c1-12-4-5-13(10-16(12)19)22-17(20-21-18(22)25-3)11-24-15-8-6-14(23-2)7-9-15/h4-10H,11H2,1-3H3. The molecule has 3 aromatic rings. The zero-order chi connectivity index (χ0) is 17.8. The van der Waals surface area contributed by atoms with Gasteiger partial charge in [0.1, 0.15) is 18.1 Å². The van der Waals surface area contributed by atoms with Crippen molar-refractivity contribution in [1.82, 2.24) is 14.8 Å². The Morgan fingerprint density at radius 3 is 2.44 bits per heavy atom. The zero-order valence-electron chi connectivity index (χ0n) is 14.2. The monoisotopic (exact) mass is 375 g/mol. The van der Waals surface area contributed by atoms with Crippen LogP contribution in [0.4, 0.5) is 0 Å². The molecule has 0 saturated heterocycles. The van der Waals surface area contributed by atoms with E-state index in [1.54, 1.807) is 7.11 Å². The summed E-state index contributed by atoms with van der Waals surface area (Å²) in [5.41, 5.74) is 1.94. The molecule has 7 heteroatoms. The third-order valence-electron chi connectivity index (χ3n) is 3.72. The number of methoxy groups -OCH3 is 1. The van der Waals surface area contributed by atoms with Crippen LogP contribution in [0.15, 0.2) is 47.6 Å². The van der Waals surface area contributed by atoms with E-state index in [4.69, 9.17) is 21.1 Å². The van der Waals surface area contributed by atoms with E-state index in [1.165, 1.54) is 11.8 Å². The van der Waals surface area contributed by atoms with Crippen LogP contribution in [0.2, 0.25) is 5.02 Å². The van der Waals surface area contributed by atoms with Gasteiger partial charge in [-0.25, -0.2) is 0 Å². The SMILES string of the molecule is COc1ccc(OCc2nnc(SC)n2-c2ccc(C)c(Cl)c2)cc1. The van der Waals surface area contributed by atoms with Gasteiger partial charge in [-0.2, -0.15) is 0 Å². The summed E-state index contributed by atoms with van der Waals surface area (Å²) >= 11 is 7.80. The average Bonchev–Trinajstić information content (AvgIpc) is 3.05. The fourth-order valence-corrected chi connectivity index (χ4v) is 3.02. The molecule has 3 rings (SSSR count). The Balaban J connectivity index is 1.86. The molecule has 0 aliphatic rings. The van der Waals surface area contributed by atoms with Crippen LogP contribution in [0.1, 0.15) is 11.4 Å². The predicted octanol–water partition coefficient (Wildman–Crippen LogP) is 4.54. The normalized spacial score (nSPS) is 10.7. The van der Waals surface area contributed by atoms with Crippen LogP contribution in [-0.4, -0.2) is 28.1 Å². The van der Waals surface area contributed by atoms with Crippen molar-refractivity contribution in [2.24, 2.45) is 0 Å². The smallest absolute Gasteiger partial charge is 0.195 e. The lowest BCUT2D eigenvalue weighted by Gasteiger charge is -2.12. The van der Waals surface area contributed by atoms with Crippen molar-refractivity contribution in [3.63, 3.8) is 0 Å². The molecule has 0 fully saturated rings. The number of hydrogen-bond acceptors (Lipinski definition) is 5. The third kappa shape index (κ3) is 3.91. The molecule has 1 heterocycles. The molecule has 0 radical (unpaired) electrons. The maximum atomic E-state index is 6.28. The van der Waals surface area contributed by atoms with Crippen LogP contribution in [0, 0.1) is 6.92 Å². The molecule has 2 aromatic carbocycles. The Morgan fingerprint density at radius 2 is 1.80 bits per heavy atom. The fourth-order valence-electron chi connectivity index (χ4n) is 2.33. The molecule has 0 aliphatic heterocycles. The van der Waals surface area contributed by atoms with Crippen LogP contribution in [0.5, 0.6) is 11.5 Å². The van der Waals surface area contributed by atoms with Gasteiger partial charge < -0.3 is 9.47 Å². The maximum Gasteiger partial charge on any atom is 0.195 e. The second-order valence-corrected chi connectivity index (χ2v) is 6.52. The number of rotatable bonds is 6. The van der Waals surface area contributed by atoms with E-state index < -0.39 is 0 Å². The van der Waals surface area contributed by atoms with Gasteiger partial charge in [0.25, 0.3) is 0 Å². The Morgan fingerprint density at radius 1 is 1.08 bits per heavy atom. The Bertz CT molecular complexity index is 865. The summed E-state index contributed by atoms with van der Waals surface area (Å²) in [6, 6.07) is 13.3. The summed E-state index contributed by atoms with van der Waals surface area (Å²) < 4.78 is 13.0. The highest BCUT2D eigenvalue weighted by molar-refractivity contribution is 7.98. The van der Waals surface area contributed by atoms with Crippen molar-refractivity contribution in [2.45, 2.75) is 18.7 Å². The quantitative estimate of drug-likeness (QED) is 0.592. The minimum atomic E-state index is 0.297. The van der Waals surface area contributed by atoms with Gasteiger partial charge in [0, 0.05) is 5.02 Å². The van der Waals surface area contributed by atoms with Crippen LogP contribution in [-0.2, 0) is 6.61 Å². The number of ether oxygens (including phenoxy) is 2. The molecule has 0 amide bonds. The van der Waals surface area contributed by atoms with Gasteiger partial charge in [0.05, 0.1) is 12.8 Å². The van der Waals surface area contributed by atoms with Crippen molar-refractivity contribution in [2.75, 3.05) is 13.4 Å². The first kappa shape index (κ1) is 17.6. The summed E-state index contributed by atoms with van der Waals surface area (Å²) in [5, 5.41) is 9.99. The molecule has 0 aliphatic carbocycles. The lowest BCUT2D eigenvalue weighted by Crippen LogP contribution is -2.06. The number of thioether (sulfide) groups is 1. The van der Waals surface area contributed by atoms with E-state index in [0.717, 1.165) is 27.9 Å². The second-order valence-electron chi connectivity index (χ2n) is 5.34. The summed E-state index contributed by atoms with van der Waals surface area (Å²) in [5.74, 6) is 2.23. The van der Waals surface area contributed by atoms with Crippen LogP contribution < -0.4 is 9.47 Å². The minimum Gasteiger partial charge on any atom is -0.497 e. The zero-order valence-corrected chi connectivity index (χ0v) is 15.8.